The molecule has 0 aromatic heterocycles. The zero-order chi connectivity index (χ0) is 15.8. The Balaban J connectivity index is 2.93. The second-order valence-corrected chi connectivity index (χ2v) is 5.35. The van der Waals surface area contributed by atoms with Crippen molar-refractivity contribution in [1.82, 2.24) is 4.90 Å². The molecule has 1 rings (SSSR count). The predicted molar refractivity (Wildman–Crippen MR) is 84.9 cm³/mol. The fourth-order valence-corrected chi connectivity index (χ4v) is 2.69. The largest absolute Gasteiger partial charge is 0.496 e. The average molecular weight is 314 g/mol. The van der Waals surface area contributed by atoms with Crippen LogP contribution < -0.4 is 4.74 Å². The summed E-state index contributed by atoms with van der Waals surface area (Å²) in [6.07, 6.45) is 1.96. The van der Waals surface area contributed by atoms with Gasteiger partial charge < -0.3 is 14.7 Å². The number of aliphatic hydroxyl groups is 1. The number of carbonyl (C=O) groups excluding carboxylic acids is 1. The van der Waals surface area contributed by atoms with Gasteiger partial charge in [-0.2, -0.15) is 0 Å². The third-order valence-corrected chi connectivity index (χ3v) is 3.86. The lowest BCUT2D eigenvalue weighted by Crippen LogP contribution is -2.42. The molecule has 0 saturated carbocycles. The number of carbonyl (C=O) groups is 1. The molecule has 0 heterocycles. The second kappa shape index (κ2) is 8.90. The summed E-state index contributed by atoms with van der Waals surface area (Å²) in [4.78, 5) is 14.3. The van der Waals surface area contributed by atoms with Crippen molar-refractivity contribution in [3.8, 4) is 5.75 Å². The van der Waals surface area contributed by atoms with Gasteiger partial charge >= 0.3 is 0 Å². The number of ether oxygens (including phenoxy) is 1. The van der Waals surface area contributed by atoms with Crippen molar-refractivity contribution in [2.75, 3.05) is 20.3 Å². The van der Waals surface area contributed by atoms with Crippen LogP contribution in [0.4, 0.5) is 0 Å². The Bertz CT molecular complexity index is 461. The molecule has 0 atom stereocenters. The molecule has 21 heavy (non-hydrogen) atoms. The number of halogens is 1. The Kier molecular flexibility index (Phi) is 7.54. The topological polar surface area (TPSA) is 49.8 Å². The number of hydrogen-bond acceptors (Lipinski definition) is 3. The predicted octanol–water partition coefficient (Wildman–Crippen LogP) is 2.90. The van der Waals surface area contributed by atoms with Crippen LogP contribution in [-0.4, -0.2) is 42.2 Å². The summed E-state index contributed by atoms with van der Waals surface area (Å²) in [5.41, 5.74) is 0.767. The van der Waals surface area contributed by atoms with Crippen LogP contribution in [0.25, 0.3) is 0 Å². The number of aliphatic hydroxyl groups excluding tert-OH is 1. The lowest BCUT2D eigenvalue weighted by Gasteiger charge is -2.30. The van der Waals surface area contributed by atoms with E-state index < -0.39 is 0 Å². The van der Waals surface area contributed by atoms with Crippen molar-refractivity contribution >= 4 is 17.5 Å². The molecule has 0 bridgehead atoms. The van der Waals surface area contributed by atoms with E-state index in [1.165, 1.54) is 0 Å². The summed E-state index contributed by atoms with van der Waals surface area (Å²) < 4.78 is 5.28. The zero-order valence-electron chi connectivity index (χ0n) is 12.9. The Morgan fingerprint density at radius 3 is 2.57 bits per heavy atom. The van der Waals surface area contributed by atoms with Crippen molar-refractivity contribution in [3.63, 3.8) is 0 Å². The molecule has 1 aromatic carbocycles. The SMILES string of the molecule is CCC(CC)N(CCO)C(=O)Cc1cc(Cl)ccc1OC. The van der Waals surface area contributed by atoms with Gasteiger partial charge in [-0.1, -0.05) is 25.4 Å². The minimum absolute atomic E-state index is 0.0154. The fraction of sp³-hybridized carbons (Fsp3) is 0.562. The monoisotopic (exact) mass is 313 g/mol. The normalized spacial score (nSPS) is 10.8. The molecule has 1 N–H and O–H groups in total. The van der Waals surface area contributed by atoms with Crippen molar-refractivity contribution in [2.24, 2.45) is 0 Å². The van der Waals surface area contributed by atoms with Gasteiger partial charge in [-0.05, 0) is 31.0 Å². The van der Waals surface area contributed by atoms with E-state index in [-0.39, 0.29) is 25.0 Å². The summed E-state index contributed by atoms with van der Waals surface area (Å²) in [6.45, 7) is 4.42. The van der Waals surface area contributed by atoms with Crippen LogP contribution in [0.15, 0.2) is 18.2 Å². The molecule has 0 radical (unpaired) electrons. The van der Waals surface area contributed by atoms with Crippen LogP contribution in [-0.2, 0) is 11.2 Å². The van der Waals surface area contributed by atoms with E-state index in [2.05, 4.69) is 0 Å². The first-order valence-electron chi connectivity index (χ1n) is 7.30. The number of hydrogen-bond donors (Lipinski definition) is 1. The number of nitrogens with zero attached hydrogens (tertiary/aromatic N) is 1. The summed E-state index contributed by atoms with van der Waals surface area (Å²) in [5, 5.41) is 9.78. The average Bonchev–Trinajstić information content (AvgIpc) is 2.47. The highest BCUT2D eigenvalue weighted by Crippen LogP contribution is 2.24. The first-order chi connectivity index (χ1) is 10.1. The maximum Gasteiger partial charge on any atom is 0.227 e. The number of amides is 1. The van der Waals surface area contributed by atoms with Crippen LogP contribution in [0.5, 0.6) is 5.75 Å². The maximum absolute atomic E-state index is 12.6. The van der Waals surface area contributed by atoms with Crippen LogP contribution in [0, 0.1) is 0 Å². The maximum atomic E-state index is 12.6. The third-order valence-electron chi connectivity index (χ3n) is 3.63. The highest BCUT2D eigenvalue weighted by Gasteiger charge is 2.21. The number of rotatable bonds is 8. The van der Waals surface area contributed by atoms with Gasteiger partial charge in [0.2, 0.25) is 5.91 Å². The molecular weight excluding hydrogens is 290 g/mol. The first kappa shape index (κ1) is 17.8. The lowest BCUT2D eigenvalue weighted by molar-refractivity contribution is -0.133. The van der Waals surface area contributed by atoms with Crippen molar-refractivity contribution in [2.45, 2.75) is 39.2 Å². The third kappa shape index (κ3) is 4.90. The number of benzene rings is 1. The molecular formula is C16H24ClNO3. The molecule has 1 amide bonds. The molecule has 0 aliphatic rings. The van der Waals surface area contributed by atoms with Crippen LogP contribution in [0.1, 0.15) is 32.3 Å². The van der Waals surface area contributed by atoms with E-state index in [0.717, 1.165) is 18.4 Å². The molecule has 0 spiro atoms. The molecule has 5 heteroatoms. The molecule has 4 nitrogen and oxygen atoms in total. The molecule has 0 saturated heterocycles. The molecule has 0 aliphatic carbocycles. The minimum atomic E-state index is -0.0328. The van der Waals surface area contributed by atoms with Crippen molar-refractivity contribution < 1.29 is 14.6 Å². The zero-order valence-corrected chi connectivity index (χ0v) is 13.7. The molecule has 0 fully saturated rings. The Morgan fingerprint density at radius 2 is 2.05 bits per heavy atom. The van der Waals surface area contributed by atoms with Gasteiger partial charge in [0.15, 0.2) is 0 Å². The highest BCUT2D eigenvalue weighted by molar-refractivity contribution is 6.30. The van der Waals surface area contributed by atoms with E-state index in [9.17, 15) is 9.90 Å². The summed E-state index contributed by atoms with van der Waals surface area (Å²) in [7, 11) is 1.57. The summed E-state index contributed by atoms with van der Waals surface area (Å²) in [5.74, 6) is 0.638. The van der Waals surface area contributed by atoms with Crippen LogP contribution in [0.3, 0.4) is 0 Å². The smallest absolute Gasteiger partial charge is 0.227 e. The second-order valence-electron chi connectivity index (χ2n) is 4.91. The molecule has 118 valence electrons. The van der Waals surface area contributed by atoms with Crippen LogP contribution >= 0.6 is 11.6 Å². The van der Waals surface area contributed by atoms with Gasteiger partial charge in [0.25, 0.3) is 0 Å². The standard InChI is InChI=1S/C16H24ClNO3/c1-4-14(5-2)18(8-9-19)16(20)11-12-10-13(17)6-7-15(12)21-3/h6-7,10,14,19H,4-5,8-9,11H2,1-3H3. The fourth-order valence-electron chi connectivity index (χ4n) is 2.50. The van der Waals surface area contributed by atoms with Gasteiger partial charge in [0.05, 0.1) is 20.1 Å². The van der Waals surface area contributed by atoms with E-state index >= 15 is 0 Å². The molecule has 0 unspecified atom stereocenters. The highest BCUT2D eigenvalue weighted by atomic mass is 35.5. The molecule has 0 aliphatic heterocycles. The minimum Gasteiger partial charge on any atom is -0.496 e. The summed E-state index contributed by atoms with van der Waals surface area (Å²) in [6, 6.07) is 5.40. The van der Waals surface area contributed by atoms with Crippen molar-refractivity contribution in [3.05, 3.63) is 28.8 Å². The Morgan fingerprint density at radius 1 is 1.38 bits per heavy atom. The summed E-state index contributed by atoms with van der Waals surface area (Å²) >= 11 is 5.99. The van der Waals surface area contributed by atoms with E-state index in [0.29, 0.717) is 17.3 Å². The van der Waals surface area contributed by atoms with Gasteiger partial charge in [-0.3, -0.25) is 4.79 Å². The lowest BCUT2D eigenvalue weighted by atomic mass is 10.1. The van der Waals surface area contributed by atoms with Crippen molar-refractivity contribution in [1.29, 1.82) is 0 Å². The van der Waals surface area contributed by atoms with E-state index in [4.69, 9.17) is 16.3 Å². The van der Waals surface area contributed by atoms with Gasteiger partial charge in [-0.25, -0.2) is 0 Å². The first-order valence-corrected chi connectivity index (χ1v) is 7.67. The van der Waals surface area contributed by atoms with E-state index in [1.54, 1.807) is 30.2 Å². The number of methoxy groups -OCH3 is 1. The Labute approximate surface area is 131 Å². The Hall–Kier alpha value is -1.26. The molecule has 1 aromatic rings. The van der Waals surface area contributed by atoms with E-state index in [1.807, 2.05) is 13.8 Å². The van der Waals surface area contributed by atoms with Gasteiger partial charge in [0, 0.05) is 23.2 Å². The van der Waals surface area contributed by atoms with Crippen LogP contribution in [0.2, 0.25) is 5.02 Å². The van der Waals surface area contributed by atoms with Gasteiger partial charge in [-0.15, -0.1) is 0 Å². The quantitative estimate of drug-likeness (QED) is 0.803. The van der Waals surface area contributed by atoms with Gasteiger partial charge in [0.1, 0.15) is 5.75 Å².